The van der Waals surface area contributed by atoms with Gasteiger partial charge in [-0.2, -0.15) is 0 Å². The molecule has 0 spiro atoms. The summed E-state index contributed by atoms with van der Waals surface area (Å²) >= 11 is 1.45. The highest BCUT2D eigenvalue weighted by Gasteiger charge is 2.35. The first-order chi connectivity index (χ1) is 8.90. The molecule has 0 aromatic carbocycles. The summed E-state index contributed by atoms with van der Waals surface area (Å²) in [5, 5.41) is 9.29. The Morgan fingerprint density at radius 2 is 2.11 bits per heavy atom. The Balaban J connectivity index is 2.23. The van der Waals surface area contributed by atoms with Crippen molar-refractivity contribution in [2.24, 2.45) is 5.92 Å². The number of piperidine rings is 1. The minimum absolute atomic E-state index is 0.138. The van der Waals surface area contributed by atoms with E-state index in [0.717, 1.165) is 16.9 Å². The summed E-state index contributed by atoms with van der Waals surface area (Å²) in [6, 6.07) is 1.18. The highest BCUT2D eigenvalue weighted by molar-refractivity contribution is 7.14. The van der Waals surface area contributed by atoms with Gasteiger partial charge in [0.25, 0.3) is 5.91 Å². The molecular weight excluding hydrogens is 262 g/mol. The van der Waals surface area contributed by atoms with Crippen molar-refractivity contribution in [1.29, 1.82) is 0 Å². The molecule has 2 unspecified atom stereocenters. The van der Waals surface area contributed by atoms with Gasteiger partial charge in [0.05, 0.1) is 4.88 Å². The zero-order valence-electron chi connectivity index (χ0n) is 11.5. The molecular formula is C14H19NO3S. The monoisotopic (exact) mass is 281 g/mol. The molecule has 0 bridgehead atoms. The molecule has 1 saturated heterocycles. The molecule has 104 valence electrons. The predicted molar refractivity (Wildman–Crippen MR) is 74.7 cm³/mol. The fourth-order valence-corrected chi connectivity index (χ4v) is 3.43. The summed E-state index contributed by atoms with van der Waals surface area (Å²) in [6.07, 6.45) is 1.42. The van der Waals surface area contributed by atoms with E-state index in [9.17, 15) is 14.7 Å². The molecule has 1 aliphatic heterocycles. The molecule has 4 nitrogen and oxygen atoms in total. The summed E-state index contributed by atoms with van der Waals surface area (Å²) in [4.78, 5) is 27.1. The molecule has 5 heteroatoms. The van der Waals surface area contributed by atoms with Crippen molar-refractivity contribution in [2.45, 2.75) is 39.7 Å². The van der Waals surface area contributed by atoms with Crippen molar-refractivity contribution in [3.05, 3.63) is 21.4 Å². The third-order valence-electron chi connectivity index (χ3n) is 3.79. The number of amides is 1. The van der Waals surface area contributed by atoms with Crippen LogP contribution in [0.15, 0.2) is 6.07 Å². The average Bonchev–Trinajstić information content (AvgIpc) is 2.68. The maximum absolute atomic E-state index is 12.5. The van der Waals surface area contributed by atoms with Crippen LogP contribution >= 0.6 is 11.3 Å². The van der Waals surface area contributed by atoms with Crippen LogP contribution in [0.3, 0.4) is 0 Å². The van der Waals surface area contributed by atoms with Gasteiger partial charge < -0.3 is 10.0 Å². The van der Waals surface area contributed by atoms with Crippen molar-refractivity contribution >= 4 is 23.2 Å². The SMILES string of the molecule is Cc1cc(C(=O)N2CCC(C)CC2C(=O)O)sc1C. The molecule has 1 amide bonds. The second kappa shape index (κ2) is 5.33. The van der Waals surface area contributed by atoms with E-state index in [1.54, 1.807) is 0 Å². The molecule has 2 rings (SSSR count). The van der Waals surface area contributed by atoms with Crippen LogP contribution in [-0.2, 0) is 4.79 Å². The van der Waals surface area contributed by atoms with Gasteiger partial charge in [-0.25, -0.2) is 4.79 Å². The number of thiophene rings is 1. The van der Waals surface area contributed by atoms with Gasteiger partial charge in [-0.15, -0.1) is 11.3 Å². The van der Waals surface area contributed by atoms with Crippen molar-refractivity contribution in [3.8, 4) is 0 Å². The molecule has 1 fully saturated rings. The number of hydrogen-bond acceptors (Lipinski definition) is 3. The van der Waals surface area contributed by atoms with E-state index >= 15 is 0 Å². The lowest BCUT2D eigenvalue weighted by Gasteiger charge is -2.35. The Kier molecular flexibility index (Phi) is 3.94. The number of carboxylic acids is 1. The minimum atomic E-state index is -0.898. The molecule has 0 saturated carbocycles. The first kappa shape index (κ1) is 14.1. The van der Waals surface area contributed by atoms with Gasteiger partial charge in [-0.1, -0.05) is 6.92 Å². The molecule has 1 N–H and O–H groups in total. The summed E-state index contributed by atoms with van der Waals surface area (Å²) in [7, 11) is 0. The van der Waals surface area contributed by atoms with Gasteiger partial charge in [0.1, 0.15) is 6.04 Å². The Morgan fingerprint density at radius 1 is 1.42 bits per heavy atom. The number of nitrogens with zero attached hydrogens (tertiary/aromatic N) is 1. The molecule has 1 aromatic rings. The van der Waals surface area contributed by atoms with Crippen LogP contribution in [0, 0.1) is 19.8 Å². The van der Waals surface area contributed by atoms with Gasteiger partial charge >= 0.3 is 5.97 Å². The normalized spacial score (nSPS) is 23.4. The van der Waals surface area contributed by atoms with Crippen molar-refractivity contribution < 1.29 is 14.7 Å². The van der Waals surface area contributed by atoms with Crippen LogP contribution in [0.2, 0.25) is 0 Å². The standard InChI is InChI=1S/C14H19NO3S/c1-8-4-5-15(11(6-8)14(17)18)13(16)12-7-9(2)10(3)19-12/h7-8,11H,4-6H2,1-3H3,(H,17,18). The van der Waals surface area contributed by atoms with Gasteiger partial charge in [0, 0.05) is 11.4 Å². The summed E-state index contributed by atoms with van der Waals surface area (Å²) in [5.41, 5.74) is 1.09. The highest BCUT2D eigenvalue weighted by atomic mass is 32.1. The third-order valence-corrected chi connectivity index (χ3v) is 4.93. The van der Waals surface area contributed by atoms with E-state index in [2.05, 4.69) is 0 Å². The van der Waals surface area contributed by atoms with Crippen LogP contribution in [0.25, 0.3) is 0 Å². The van der Waals surface area contributed by atoms with Crippen molar-refractivity contribution in [2.75, 3.05) is 6.54 Å². The Morgan fingerprint density at radius 3 is 2.63 bits per heavy atom. The first-order valence-corrected chi connectivity index (χ1v) is 7.32. The van der Waals surface area contributed by atoms with Crippen molar-refractivity contribution in [1.82, 2.24) is 4.90 Å². The number of carbonyl (C=O) groups is 2. The summed E-state index contributed by atoms with van der Waals surface area (Å²) in [5.74, 6) is -0.678. The molecule has 0 aliphatic carbocycles. The fraction of sp³-hybridized carbons (Fsp3) is 0.571. The van der Waals surface area contributed by atoms with Crippen molar-refractivity contribution in [3.63, 3.8) is 0 Å². The van der Waals surface area contributed by atoms with E-state index in [-0.39, 0.29) is 5.91 Å². The Hall–Kier alpha value is -1.36. The Labute approximate surface area is 117 Å². The fourth-order valence-electron chi connectivity index (χ4n) is 2.44. The van der Waals surface area contributed by atoms with Gasteiger partial charge in [-0.3, -0.25) is 4.79 Å². The zero-order valence-corrected chi connectivity index (χ0v) is 12.3. The average molecular weight is 281 g/mol. The lowest BCUT2D eigenvalue weighted by atomic mass is 9.92. The lowest BCUT2D eigenvalue weighted by molar-refractivity contribution is -0.144. The zero-order chi connectivity index (χ0) is 14.2. The predicted octanol–water partition coefficient (Wildman–Crippen LogP) is 2.69. The van der Waals surface area contributed by atoms with E-state index in [1.807, 2.05) is 26.8 Å². The lowest BCUT2D eigenvalue weighted by Crippen LogP contribution is -2.49. The number of aliphatic carboxylic acids is 1. The van der Waals surface area contributed by atoms with Crippen LogP contribution in [0.4, 0.5) is 0 Å². The molecule has 2 atom stereocenters. The number of hydrogen-bond donors (Lipinski definition) is 1. The number of carbonyl (C=O) groups excluding carboxylic acids is 1. The van der Waals surface area contributed by atoms with E-state index in [0.29, 0.717) is 23.8 Å². The largest absolute Gasteiger partial charge is 0.480 e. The van der Waals surface area contributed by atoms with Crippen LogP contribution in [-0.4, -0.2) is 34.5 Å². The summed E-state index contributed by atoms with van der Waals surface area (Å²) < 4.78 is 0. The highest BCUT2D eigenvalue weighted by Crippen LogP contribution is 2.27. The molecule has 0 radical (unpaired) electrons. The molecule has 1 aliphatic rings. The third kappa shape index (κ3) is 2.81. The van der Waals surface area contributed by atoms with Gasteiger partial charge in [0.2, 0.25) is 0 Å². The number of carboxylic acid groups (broad SMARTS) is 1. The van der Waals surface area contributed by atoms with E-state index < -0.39 is 12.0 Å². The maximum Gasteiger partial charge on any atom is 0.326 e. The number of rotatable bonds is 2. The first-order valence-electron chi connectivity index (χ1n) is 6.51. The quantitative estimate of drug-likeness (QED) is 0.906. The van der Waals surface area contributed by atoms with E-state index in [4.69, 9.17) is 0 Å². The molecule has 2 heterocycles. The molecule has 19 heavy (non-hydrogen) atoms. The number of likely N-dealkylation sites (tertiary alicyclic amines) is 1. The van der Waals surface area contributed by atoms with Crippen LogP contribution < -0.4 is 0 Å². The van der Waals surface area contributed by atoms with Gasteiger partial charge in [-0.05, 0) is 44.2 Å². The Bertz CT molecular complexity index is 489. The minimum Gasteiger partial charge on any atom is -0.480 e. The second-order valence-electron chi connectivity index (χ2n) is 5.33. The smallest absolute Gasteiger partial charge is 0.326 e. The van der Waals surface area contributed by atoms with Crippen LogP contribution in [0.1, 0.15) is 39.9 Å². The second-order valence-corrected chi connectivity index (χ2v) is 6.59. The molecule has 1 aromatic heterocycles. The number of aryl methyl sites for hydroxylation is 2. The topological polar surface area (TPSA) is 57.6 Å². The van der Waals surface area contributed by atoms with E-state index in [1.165, 1.54) is 16.2 Å². The maximum atomic E-state index is 12.5. The van der Waals surface area contributed by atoms with Crippen LogP contribution in [0.5, 0.6) is 0 Å². The summed E-state index contributed by atoms with van der Waals surface area (Å²) in [6.45, 7) is 6.52. The van der Waals surface area contributed by atoms with Gasteiger partial charge in [0.15, 0.2) is 0 Å².